The van der Waals surface area contributed by atoms with E-state index in [1.807, 2.05) is 73.3 Å². The Bertz CT molecular complexity index is 1440. The molecule has 6 nitrogen and oxygen atoms in total. The van der Waals surface area contributed by atoms with Crippen molar-refractivity contribution in [3.05, 3.63) is 117 Å². The van der Waals surface area contributed by atoms with Crippen LogP contribution in [0, 0.1) is 5.92 Å². The number of nitrogens with zero attached hydrogens (tertiary/aromatic N) is 3. The van der Waals surface area contributed by atoms with Gasteiger partial charge >= 0.3 is 0 Å². The molecule has 0 saturated heterocycles. The van der Waals surface area contributed by atoms with Crippen LogP contribution in [0.4, 0.5) is 0 Å². The van der Waals surface area contributed by atoms with Crippen molar-refractivity contribution >= 4 is 23.2 Å². The summed E-state index contributed by atoms with van der Waals surface area (Å²) in [4.78, 5) is 34.3. The van der Waals surface area contributed by atoms with Crippen molar-refractivity contribution < 1.29 is 14.3 Å². The normalized spacial score (nSPS) is 14.7. The molecule has 0 spiro atoms. The Morgan fingerprint density at radius 3 is 2.49 bits per heavy atom. The van der Waals surface area contributed by atoms with Crippen LogP contribution in [0.25, 0.3) is 0 Å². The van der Waals surface area contributed by atoms with Gasteiger partial charge in [-0.3, -0.25) is 9.59 Å². The van der Waals surface area contributed by atoms with Gasteiger partial charge < -0.3 is 14.5 Å². The summed E-state index contributed by atoms with van der Waals surface area (Å²) in [6, 6.07) is 26.1. The second kappa shape index (κ2) is 11.8. The minimum atomic E-state index is -0.155. The molecular formula is C32H33N3O3S. The van der Waals surface area contributed by atoms with Crippen LogP contribution < -0.4 is 4.74 Å². The van der Waals surface area contributed by atoms with Crippen LogP contribution in [0.15, 0.2) is 84.2 Å². The first-order chi connectivity index (χ1) is 18.9. The molecule has 0 radical (unpaired) electrons. The number of ether oxygens (including phenoxy) is 1. The molecule has 0 saturated carbocycles. The Kier molecular flexibility index (Phi) is 8.07. The number of aromatic nitrogens is 1. The molecule has 0 fully saturated rings. The van der Waals surface area contributed by atoms with Gasteiger partial charge in [-0.2, -0.15) is 0 Å². The molecule has 1 aliphatic heterocycles. The summed E-state index contributed by atoms with van der Waals surface area (Å²) in [6.45, 7) is 5.39. The summed E-state index contributed by atoms with van der Waals surface area (Å²) in [5, 5.41) is 2.52. The maximum absolute atomic E-state index is 13.2. The topological polar surface area (TPSA) is 62.7 Å². The quantitative estimate of drug-likeness (QED) is 0.270. The lowest BCUT2D eigenvalue weighted by molar-refractivity contribution is -0.136. The van der Waals surface area contributed by atoms with Crippen LogP contribution in [0.2, 0.25) is 0 Å². The zero-order valence-electron chi connectivity index (χ0n) is 22.5. The predicted molar refractivity (Wildman–Crippen MR) is 154 cm³/mol. The average molecular weight is 540 g/mol. The largest absolute Gasteiger partial charge is 0.486 e. The van der Waals surface area contributed by atoms with Gasteiger partial charge in [0.1, 0.15) is 23.1 Å². The Hall–Kier alpha value is -3.97. The van der Waals surface area contributed by atoms with E-state index in [9.17, 15) is 9.59 Å². The molecule has 0 bridgehead atoms. The van der Waals surface area contributed by atoms with Gasteiger partial charge in [0.2, 0.25) is 5.91 Å². The van der Waals surface area contributed by atoms with E-state index in [0.29, 0.717) is 18.8 Å². The van der Waals surface area contributed by atoms with Crippen molar-refractivity contribution in [2.75, 3.05) is 13.6 Å². The third kappa shape index (κ3) is 6.04. The molecule has 0 unspecified atom stereocenters. The van der Waals surface area contributed by atoms with E-state index < -0.39 is 0 Å². The molecule has 200 valence electrons. The molecule has 1 aromatic heterocycles. The van der Waals surface area contributed by atoms with Crippen molar-refractivity contribution in [3.8, 4) is 5.75 Å². The monoisotopic (exact) mass is 539 g/mol. The first-order valence-corrected chi connectivity index (χ1v) is 14.1. The molecule has 0 N–H and O–H groups in total. The van der Waals surface area contributed by atoms with Gasteiger partial charge in [-0.05, 0) is 40.8 Å². The lowest BCUT2D eigenvalue weighted by Gasteiger charge is -2.39. The second-order valence-electron chi connectivity index (χ2n) is 10.2. The van der Waals surface area contributed by atoms with Crippen molar-refractivity contribution in [1.82, 2.24) is 14.8 Å². The molecule has 4 aromatic rings. The van der Waals surface area contributed by atoms with E-state index in [0.717, 1.165) is 33.9 Å². The van der Waals surface area contributed by atoms with E-state index >= 15 is 0 Å². The van der Waals surface area contributed by atoms with Crippen LogP contribution >= 0.6 is 11.3 Å². The highest BCUT2D eigenvalue weighted by atomic mass is 32.1. The summed E-state index contributed by atoms with van der Waals surface area (Å²) in [6.07, 6.45) is 0.811. The van der Waals surface area contributed by atoms with E-state index in [-0.39, 0.29) is 30.4 Å². The highest BCUT2D eigenvalue weighted by molar-refractivity contribution is 7.09. The Balaban J connectivity index is 1.31. The van der Waals surface area contributed by atoms with Crippen LogP contribution in [0.5, 0.6) is 5.75 Å². The van der Waals surface area contributed by atoms with Gasteiger partial charge in [0.15, 0.2) is 0 Å². The number of carbonyl (C=O) groups is 2. The SMILES string of the molecule is CC(C)C(=O)N1CCc2ccc(OCc3nc(C(=O)N(C)Cc4ccccc4)cs3)cc2[C@@H]1c1ccccc1. The van der Waals surface area contributed by atoms with Crippen LogP contribution in [-0.2, 0) is 24.4 Å². The third-order valence-electron chi connectivity index (χ3n) is 6.98. The summed E-state index contributed by atoms with van der Waals surface area (Å²) < 4.78 is 6.15. The standard InChI is InChI=1S/C32H33N3O3S/c1-22(2)31(36)35-17-16-24-14-15-26(18-27(24)30(35)25-12-8-5-9-13-25)38-20-29-33-28(21-39-29)32(37)34(3)19-23-10-6-4-7-11-23/h4-15,18,21-22,30H,16-17,19-20H2,1-3H3/t30-/m0/s1. The van der Waals surface area contributed by atoms with Crippen molar-refractivity contribution in [2.24, 2.45) is 5.92 Å². The molecular weight excluding hydrogens is 506 g/mol. The van der Waals surface area contributed by atoms with Gasteiger partial charge in [-0.15, -0.1) is 11.3 Å². The maximum atomic E-state index is 13.2. The highest BCUT2D eigenvalue weighted by Gasteiger charge is 2.33. The summed E-state index contributed by atoms with van der Waals surface area (Å²) in [7, 11) is 1.79. The number of fused-ring (bicyclic) bond motifs is 1. The molecule has 2 heterocycles. The summed E-state index contributed by atoms with van der Waals surface area (Å²) in [5.74, 6) is 0.678. The number of hydrogen-bond donors (Lipinski definition) is 0. The lowest BCUT2D eigenvalue weighted by Crippen LogP contribution is -2.42. The smallest absolute Gasteiger partial charge is 0.273 e. The summed E-state index contributed by atoms with van der Waals surface area (Å²) in [5.41, 5.74) is 4.91. The second-order valence-corrected chi connectivity index (χ2v) is 11.1. The van der Waals surface area contributed by atoms with E-state index in [4.69, 9.17) is 4.74 Å². The minimum Gasteiger partial charge on any atom is -0.486 e. The zero-order chi connectivity index (χ0) is 27.4. The van der Waals surface area contributed by atoms with Gasteiger partial charge in [0.25, 0.3) is 5.91 Å². The fourth-order valence-electron chi connectivity index (χ4n) is 4.99. The van der Waals surface area contributed by atoms with Crippen molar-refractivity contribution in [2.45, 2.75) is 39.5 Å². The van der Waals surface area contributed by atoms with Crippen molar-refractivity contribution in [3.63, 3.8) is 0 Å². The number of rotatable bonds is 8. The Labute approximate surface area is 233 Å². The van der Waals surface area contributed by atoms with Gasteiger partial charge in [-0.1, -0.05) is 80.6 Å². The van der Waals surface area contributed by atoms with E-state index in [1.165, 1.54) is 16.9 Å². The first-order valence-electron chi connectivity index (χ1n) is 13.3. The fraction of sp³-hybridized carbons (Fsp3) is 0.281. The molecule has 1 aliphatic rings. The average Bonchev–Trinajstić information content (AvgIpc) is 3.44. The molecule has 2 amide bonds. The highest BCUT2D eigenvalue weighted by Crippen LogP contribution is 2.38. The minimum absolute atomic E-state index is 0.0780. The Morgan fingerprint density at radius 2 is 1.77 bits per heavy atom. The lowest BCUT2D eigenvalue weighted by atomic mass is 9.87. The number of benzene rings is 3. The molecule has 5 rings (SSSR count). The number of hydrogen-bond acceptors (Lipinski definition) is 5. The number of amides is 2. The molecule has 3 aromatic carbocycles. The third-order valence-corrected chi connectivity index (χ3v) is 7.80. The molecule has 0 aliphatic carbocycles. The number of thiazole rings is 1. The predicted octanol–water partition coefficient (Wildman–Crippen LogP) is 6.12. The molecule has 7 heteroatoms. The molecule has 1 atom stereocenters. The Morgan fingerprint density at radius 1 is 1.05 bits per heavy atom. The summed E-state index contributed by atoms with van der Waals surface area (Å²) >= 11 is 1.42. The number of carbonyl (C=O) groups excluding carboxylic acids is 2. The van der Waals surface area contributed by atoms with Gasteiger partial charge in [0.05, 0.1) is 6.04 Å². The fourth-order valence-corrected chi connectivity index (χ4v) is 5.67. The maximum Gasteiger partial charge on any atom is 0.273 e. The van der Waals surface area contributed by atoms with Crippen molar-refractivity contribution in [1.29, 1.82) is 0 Å². The first kappa shape index (κ1) is 26.6. The van der Waals surface area contributed by atoms with E-state index in [1.54, 1.807) is 17.3 Å². The molecule has 39 heavy (non-hydrogen) atoms. The van der Waals surface area contributed by atoms with E-state index in [2.05, 4.69) is 29.2 Å². The van der Waals surface area contributed by atoms with Crippen LogP contribution in [-0.4, -0.2) is 40.2 Å². The van der Waals surface area contributed by atoms with Crippen LogP contribution in [0.1, 0.15) is 57.6 Å². The zero-order valence-corrected chi connectivity index (χ0v) is 23.4. The van der Waals surface area contributed by atoms with Crippen LogP contribution in [0.3, 0.4) is 0 Å². The van der Waals surface area contributed by atoms with Gasteiger partial charge in [0, 0.05) is 31.4 Å². The van der Waals surface area contributed by atoms with Gasteiger partial charge in [-0.25, -0.2) is 4.98 Å².